The molecular weight excluding hydrogens is 364 g/mol. The molecule has 3 aliphatic rings. The summed E-state index contributed by atoms with van der Waals surface area (Å²) in [6.07, 6.45) is 4.90. The molecule has 0 radical (unpaired) electrons. The number of amides is 1. The number of hydrogen-bond acceptors (Lipinski definition) is 3. The highest BCUT2D eigenvalue weighted by Gasteiger charge is 2.50. The molecule has 2 aliphatic heterocycles. The van der Waals surface area contributed by atoms with E-state index >= 15 is 0 Å². The molecule has 0 atom stereocenters. The Morgan fingerprint density at radius 3 is 2.18 bits per heavy atom. The normalized spacial score (nSPS) is 27.3. The van der Waals surface area contributed by atoms with Gasteiger partial charge in [0.1, 0.15) is 17.3 Å². The maximum absolute atomic E-state index is 14.3. The van der Waals surface area contributed by atoms with Crippen LogP contribution >= 0.6 is 0 Å². The highest BCUT2D eigenvalue weighted by Crippen LogP contribution is 2.45. The van der Waals surface area contributed by atoms with Crippen LogP contribution in [0, 0.1) is 23.6 Å². The minimum atomic E-state index is -0.720. The molecule has 3 fully saturated rings. The first-order chi connectivity index (χ1) is 13.4. The van der Waals surface area contributed by atoms with Gasteiger partial charge in [-0.3, -0.25) is 4.79 Å². The fourth-order valence-electron chi connectivity index (χ4n) is 5.11. The lowest BCUT2D eigenvalue weighted by Gasteiger charge is -2.40. The minimum absolute atomic E-state index is 0.0496. The van der Waals surface area contributed by atoms with E-state index in [1.54, 1.807) is 4.90 Å². The van der Waals surface area contributed by atoms with E-state index in [2.05, 4.69) is 4.85 Å². The minimum Gasteiger partial charge on any atom is -0.393 e. The maximum Gasteiger partial charge on any atom is 0.229 e. The van der Waals surface area contributed by atoms with Gasteiger partial charge in [0.15, 0.2) is 5.69 Å². The second-order valence-corrected chi connectivity index (χ2v) is 8.35. The van der Waals surface area contributed by atoms with Gasteiger partial charge in [-0.1, -0.05) is 0 Å². The first kappa shape index (κ1) is 19.1. The van der Waals surface area contributed by atoms with Crippen molar-refractivity contribution in [3.05, 3.63) is 35.2 Å². The van der Waals surface area contributed by atoms with Crippen LogP contribution in [0.25, 0.3) is 4.85 Å². The summed E-state index contributed by atoms with van der Waals surface area (Å²) in [6.45, 7) is 8.51. The van der Waals surface area contributed by atoms with E-state index in [1.165, 1.54) is 0 Å². The number of nitrogens with zero attached hydrogens (tertiary/aromatic N) is 3. The van der Waals surface area contributed by atoms with Gasteiger partial charge in [-0.15, -0.1) is 0 Å². The topological polar surface area (TPSA) is 48.1 Å². The van der Waals surface area contributed by atoms with E-state index in [-0.39, 0.29) is 29.4 Å². The van der Waals surface area contributed by atoms with Crippen LogP contribution in [0.4, 0.5) is 20.2 Å². The molecule has 7 heteroatoms. The average Bonchev–Trinajstić information content (AvgIpc) is 2.99. The zero-order valence-corrected chi connectivity index (χ0v) is 15.8. The Balaban J connectivity index is 1.44. The molecule has 1 aromatic carbocycles. The molecule has 0 aromatic heterocycles. The van der Waals surface area contributed by atoms with Crippen molar-refractivity contribution in [3.63, 3.8) is 0 Å². The summed E-state index contributed by atoms with van der Waals surface area (Å²) in [4.78, 5) is 19.9. The molecule has 4 rings (SSSR count). The van der Waals surface area contributed by atoms with Crippen LogP contribution in [0.3, 0.4) is 0 Å². The van der Waals surface area contributed by atoms with Gasteiger partial charge in [0.05, 0.1) is 18.1 Å². The SMILES string of the molecule is [C-]#[N+]c1cc(F)c(N2CCC3(CC2)CCN(C2CCC(O)CC2)C3=O)c(F)c1. The molecule has 1 spiro atoms. The molecule has 1 amide bonds. The number of hydrogen-bond donors (Lipinski definition) is 1. The Morgan fingerprint density at radius 2 is 1.61 bits per heavy atom. The Bertz CT molecular complexity index is 783. The standard InChI is InChI=1S/C21H25F2N3O2/c1-24-14-12-17(22)19(18(23)13-14)25-9-6-21(7-10-25)8-11-26(20(21)28)15-2-4-16(27)5-3-15/h12-13,15-16,27H,2-11H2. The van der Waals surface area contributed by atoms with E-state index in [0.717, 1.165) is 50.8 Å². The number of anilines is 1. The summed E-state index contributed by atoms with van der Waals surface area (Å²) in [5.74, 6) is -1.26. The van der Waals surface area contributed by atoms with Gasteiger partial charge < -0.3 is 14.9 Å². The van der Waals surface area contributed by atoms with Crippen LogP contribution in [0.2, 0.25) is 0 Å². The monoisotopic (exact) mass is 389 g/mol. The van der Waals surface area contributed by atoms with Crippen molar-refractivity contribution >= 4 is 17.3 Å². The largest absolute Gasteiger partial charge is 0.393 e. The predicted molar refractivity (Wildman–Crippen MR) is 101 cm³/mol. The van der Waals surface area contributed by atoms with Gasteiger partial charge in [-0.25, -0.2) is 13.6 Å². The summed E-state index contributed by atoms with van der Waals surface area (Å²) >= 11 is 0. The van der Waals surface area contributed by atoms with E-state index in [1.807, 2.05) is 4.90 Å². The average molecular weight is 389 g/mol. The van der Waals surface area contributed by atoms with Crippen molar-refractivity contribution in [1.29, 1.82) is 0 Å². The van der Waals surface area contributed by atoms with Crippen molar-refractivity contribution in [1.82, 2.24) is 4.90 Å². The predicted octanol–water partition coefficient (Wildman–Crippen LogP) is 3.64. The van der Waals surface area contributed by atoms with E-state index in [9.17, 15) is 18.7 Å². The van der Waals surface area contributed by atoms with Crippen LogP contribution in [-0.2, 0) is 4.79 Å². The number of benzene rings is 1. The Kier molecular flexibility index (Phi) is 5.00. The van der Waals surface area contributed by atoms with E-state index < -0.39 is 17.0 Å². The number of carbonyl (C=O) groups is 1. The van der Waals surface area contributed by atoms with Gasteiger partial charge in [0.2, 0.25) is 5.91 Å². The molecule has 2 saturated heterocycles. The Labute approximate surface area is 163 Å². The number of piperidine rings is 1. The lowest BCUT2D eigenvalue weighted by Crippen LogP contribution is -2.47. The molecule has 150 valence electrons. The summed E-state index contributed by atoms with van der Waals surface area (Å²) in [7, 11) is 0. The van der Waals surface area contributed by atoms with Gasteiger partial charge in [0.25, 0.3) is 0 Å². The molecule has 1 saturated carbocycles. The third-order valence-corrected chi connectivity index (χ3v) is 6.82. The lowest BCUT2D eigenvalue weighted by atomic mass is 9.77. The van der Waals surface area contributed by atoms with Crippen molar-refractivity contribution < 1.29 is 18.7 Å². The van der Waals surface area contributed by atoms with Crippen molar-refractivity contribution in [2.75, 3.05) is 24.5 Å². The first-order valence-corrected chi connectivity index (χ1v) is 10.0. The number of aliphatic hydroxyl groups excluding tert-OH is 1. The van der Waals surface area contributed by atoms with Gasteiger partial charge >= 0.3 is 0 Å². The molecule has 2 heterocycles. The van der Waals surface area contributed by atoms with E-state index in [0.29, 0.717) is 25.9 Å². The van der Waals surface area contributed by atoms with Gasteiger partial charge in [-0.05, 0) is 57.1 Å². The molecule has 5 nitrogen and oxygen atoms in total. The Hall–Kier alpha value is -2.20. The smallest absolute Gasteiger partial charge is 0.229 e. The zero-order chi connectivity index (χ0) is 19.9. The van der Waals surface area contributed by atoms with Crippen LogP contribution in [0.5, 0.6) is 0 Å². The highest BCUT2D eigenvalue weighted by molar-refractivity contribution is 5.85. The van der Waals surface area contributed by atoms with E-state index in [4.69, 9.17) is 6.57 Å². The third-order valence-electron chi connectivity index (χ3n) is 6.82. The molecule has 0 bridgehead atoms. The second kappa shape index (κ2) is 7.32. The quantitative estimate of drug-likeness (QED) is 0.786. The zero-order valence-electron chi connectivity index (χ0n) is 15.8. The number of aliphatic hydroxyl groups is 1. The van der Waals surface area contributed by atoms with Crippen LogP contribution in [0.1, 0.15) is 44.9 Å². The fourth-order valence-corrected chi connectivity index (χ4v) is 5.11. The lowest BCUT2D eigenvalue weighted by molar-refractivity contribution is -0.139. The van der Waals surface area contributed by atoms with Crippen LogP contribution < -0.4 is 4.90 Å². The molecular formula is C21H25F2N3O2. The molecule has 28 heavy (non-hydrogen) atoms. The first-order valence-electron chi connectivity index (χ1n) is 10.0. The Morgan fingerprint density at radius 1 is 1.04 bits per heavy atom. The number of carbonyl (C=O) groups excluding carboxylic acids is 1. The third kappa shape index (κ3) is 3.24. The molecule has 0 unspecified atom stereocenters. The number of likely N-dealkylation sites (tertiary alicyclic amines) is 1. The van der Waals surface area contributed by atoms with Crippen molar-refractivity contribution in [2.24, 2.45) is 5.41 Å². The molecule has 1 aliphatic carbocycles. The summed E-state index contributed by atoms with van der Waals surface area (Å²) in [6, 6.07) is 2.34. The van der Waals surface area contributed by atoms with Crippen LogP contribution in [0.15, 0.2) is 12.1 Å². The van der Waals surface area contributed by atoms with Crippen molar-refractivity contribution in [2.45, 2.75) is 57.1 Å². The molecule has 1 N–H and O–H groups in total. The number of rotatable bonds is 2. The number of halogens is 2. The van der Waals surface area contributed by atoms with Crippen LogP contribution in [-0.4, -0.2) is 47.7 Å². The van der Waals surface area contributed by atoms with Gasteiger partial charge in [-0.2, -0.15) is 0 Å². The summed E-state index contributed by atoms with van der Waals surface area (Å²) in [5, 5.41) is 9.71. The highest BCUT2D eigenvalue weighted by atomic mass is 19.1. The molecule has 1 aromatic rings. The summed E-state index contributed by atoms with van der Waals surface area (Å²) < 4.78 is 28.7. The summed E-state index contributed by atoms with van der Waals surface area (Å²) in [5.41, 5.74) is -0.562. The van der Waals surface area contributed by atoms with Gasteiger partial charge in [0, 0.05) is 25.7 Å². The second-order valence-electron chi connectivity index (χ2n) is 8.35. The fraction of sp³-hybridized carbons (Fsp3) is 0.619. The maximum atomic E-state index is 14.3. The van der Waals surface area contributed by atoms with Crippen molar-refractivity contribution in [3.8, 4) is 0 Å².